The van der Waals surface area contributed by atoms with Gasteiger partial charge in [-0.15, -0.1) is 11.3 Å². The number of nitrogens with zero attached hydrogens (tertiary/aromatic N) is 2. The molecule has 0 bridgehead atoms. The van der Waals surface area contributed by atoms with Crippen LogP contribution in [0, 0.1) is 6.92 Å². The van der Waals surface area contributed by atoms with E-state index in [1.807, 2.05) is 19.1 Å². The maximum atomic E-state index is 5.52. The highest BCUT2D eigenvalue weighted by molar-refractivity contribution is 9.11. The third kappa shape index (κ3) is 2.66. The fourth-order valence-electron chi connectivity index (χ4n) is 1.45. The average Bonchev–Trinajstić information content (AvgIpc) is 2.64. The van der Waals surface area contributed by atoms with Crippen LogP contribution < -0.4 is 5.73 Å². The molecule has 84 valence electrons. The maximum Gasteiger partial charge on any atom is 0.130 e. The molecule has 2 aromatic rings. The van der Waals surface area contributed by atoms with Crippen LogP contribution in [0.4, 0.5) is 0 Å². The highest BCUT2D eigenvalue weighted by atomic mass is 79.9. The van der Waals surface area contributed by atoms with Crippen molar-refractivity contribution in [3.05, 3.63) is 33.5 Å². The van der Waals surface area contributed by atoms with Crippen LogP contribution in [0.15, 0.2) is 22.0 Å². The molecule has 0 aromatic carbocycles. The van der Waals surface area contributed by atoms with Gasteiger partial charge in [0, 0.05) is 12.1 Å². The molecule has 0 atom stereocenters. The molecule has 2 rings (SSSR count). The van der Waals surface area contributed by atoms with E-state index in [4.69, 9.17) is 5.73 Å². The monoisotopic (exact) mass is 297 g/mol. The third-order valence-electron chi connectivity index (χ3n) is 2.09. The number of rotatable bonds is 3. The Hall–Kier alpha value is -0.780. The molecule has 0 saturated carbocycles. The predicted molar refractivity (Wildman–Crippen MR) is 70.5 cm³/mol. The van der Waals surface area contributed by atoms with Gasteiger partial charge < -0.3 is 5.73 Å². The van der Waals surface area contributed by atoms with Crippen molar-refractivity contribution in [3.8, 4) is 10.6 Å². The number of aromatic nitrogens is 2. The largest absolute Gasteiger partial charge is 0.330 e. The second-order valence-corrected chi connectivity index (χ2v) is 5.92. The Kier molecular flexibility index (Phi) is 3.68. The summed E-state index contributed by atoms with van der Waals surface area (Å²) in [5, 5.41) is 0. The van der Waals surface area contributed by atoms with Crippen LogP contribution >= 0.6 is 27.3 Å². The van der Waals surface area contributed by atoms with E-state index in [1.54, 1.807) is 11.3 Å². The Balaban J connectivity index is 2.40. The number of hydrogen-bond donors (Lipinski definition) is 1. The number of hydrogen-bond acceptors (Lipinski definition) is 4. The summed E-state index contributed by atoms with van der Waals surface area (Å²) in [6.45, 7) is 2.56. The van der Waals surface area contributed by atoms with Gasteiger partial charge in [0.1, 0.15) is 5.82 Å². The molecule has 5 heteroatoms. The maximum absolute atomic E-state index is 5.52. The second-order valence-electron chi connectivity index (χ2n) is 3.45. The fourth-order valence-corrected chi connectivity index (χ4v) is 2.80. The molecule has 0 unspecified atom stereocenters. The molecular formula is C11H12BrN3S. The first-order valence-electron chi connectivity index (χ1n) is 4.99. The van der Waals surface area contributed by atoms with E-state index < -0.39 is 0 Å². The normalized spacial score (nSPS) is 10.7. The molecule has 0 aliphatic heterocycles. The van der Waals surface area contributed by atoms with Gasteiger partial charge in [-0.3, -0.25) is 0 Å². The van der Waals surface area contributed by atoms with E-state index in [0.717, 1.165) is 32.3 Å². The molecule has 16 heavy (non-hydrogen) atoms. The lowest BCUT2D eigenvalue weighted by Gasteiger charge is -2.03. The van der Waals surface area contributed by atoms with Gasteiger partial charge in [-0.25, -0.2) is 9.97 Å². The lowest BCUT2D eigenvalue weighted by molar-refractivity contribution is 0.858. The van der Waals surface area contributed by atoms with Gasteiger partial charge >= 0.3 is 0 Å². The van der Waals surface area contributed by atoms with Crippen LogP contribution in [-0.4, -0.2) is 16.5 Å². The molecule has 0 saturated heterocycles. The molecule has 0 aliphatic carbocycles. The Morgan fingerprint density at radius 3 is 2.81 bits per heavy atom. The summed E-state index contributed by atoms with van der Waals surface area (Å²) in [5.74, 6) is 0.821. The number of halogens is 1. The highest BCUT2D eigenvalue weighted by Crippen LogP contribution is 2.30. The summed E-state index contributed by atoms with van der Waals surface area (Å²) in [5.41, 5.74) is 7.48. The van der Waals surface area contributed by atoms with Gasteiger partial charge in [-0.1, -0.05) is 0 Å². The van der Waals surface area contributed by atoms with Crippen molar-refractivity contribution in [2.24, 2.45) is 5.73 Å². The van der Waals surface area contributed by atoms with Gasteiger partial charge in [-0.2, -0.15) is 0 Å². The molecule has 0 aliphatic rings. The van der Waals surface area contributed by atoms with Crippen LogP contribution in [-0.2, 0) is 6.42 Å². The van der Waals surface area contributed by atoms with Crippen LogP contribution in [0.25, 0.3) is 10.6 Å². The van der Waals surface area contributed by atoms with Crippen molar-refractivity contribution in [2.75, 3.05) is 6.54 Å². The number of nitrogens with two attached hydrogens (primary N) is 1. The standard InChI is InChI=1S/C11H12BrN3S/c1-7-6-8(9-2-3-10(12)16-9)15-11(14-7)4-5-13/h2-3,6H,4-5,13H2,1H3. The lowest BCUT2D eigenvalue weighted by Crippen LogP contribution is -2.07. The molecule has 0 fully saturated rings. The first-order valence-corrected chi connectivity index (χ1v) is 6.60. The van der Waals surface area contributed by atoms with Gasteiger partial charge in [0.25, 0.3) is 0 Å². The van der Waals surface area contributed by atoms with E-state index in [2.05, 4.69) is 32.0 Å². The molecule has 2 heterocycles. The zero-order valence-electron chi connectivity index (χ0n) is 8.90. The van der Waals surface area contributed by atoms with Gasteiger partial charge in [0.05, 0.1) is 14.4 Å². The van der Waals surface area contributed by atoms with Gasteiger partial charge in [0.2, 0.25) is 0 Å². The smallest absolute Gasteiger partial charge is 0.130 e. The molecule has 0 radical (unpaired) electrons. The van der Waals surface area contributed by atoms with Crippen LogP contribution in [0.2, 0.25) is 0 Å². The first-order chi connectivity index (χ1) is 7.69. The molecule has 0 spiro atoms. The quantitative estimate of drug-likeness (QED) is 0.948. The van der Waals surface area contributed by atoms with Crippen molar-refractivity contribution < 1.29 is 0 Å². The van der Waals surface area contributed by atoms with Crippen LogP contribution in [0.5, 0.6) is 0 Å². The Bertz CT molecular complexity index is 496. The second kappa shape index (κ2) is 5.03. The summed E-state index contributed by atoms with van der Waals surface area (Å²) in [4.78, 5) is 10.0. The van der Waals surface area contributed by atoms with Crippen molar-refractivity contribution >= 4 is 27.3 Å². The zero-order chi connectivity index (χ0) is 11.5. The SMILES string of the molecule is Cc1cc(-c2ccc(Br)s2)nc(CCN)n1. The summed E-state index contributed by atoms with van der Waals surface area (Å²) in [7, 11) is 0. The van der Waals surface area contributed by atoms with Crippen molar-refractivity contribution in [2.45, 2.75) is 13.3 Å². The van der Waals surface area contributed by atoms with Crippen LogP contribution in [0.3, 0.4) is 0 Å². The molecule has 2 N–H and O–H groups in total. The lowest BCUT2D eigenvalue weighted by atomic mass is 10.2. The fraction of sp³-hybridized carbons (Fsp3) is 0.273. The summed E-state index contributed by atoms with van der Waals surface area (Å²) in [6, 6.07) is 6.08. The highest BCUT2D eigenvalue weighted by Gasteiger charge is 2.06. The first kappa shape index (κ1) is 11.7. The molecule has 3 nitrogen and oxygen atoms in total. The molecule has 2 aromatic heterocycles. The van der Waals surface area contributed by atoms with Crippen LogP contribution in [0.1, 0.15) is 11.5 Å². The summed E-state index contributed by atoms with van der Waals surface area (Å²) < 4.78 is 1.11. The minimum absolute atomic E-state index is 0.580. The van der Waals surface area contributed by atoms with E-state index in [0.29, 0.717) is 6.54 Å². The van der Waals surface area contributed by atoms with Crippen molar-refractivity contribution in [1.29, 1.82) is 0 Å². The van der Waals surface area contributed by atoms with Crippen molar-refractivity contribution in [1.82, 2.24) is 9.97 Å². The van der Waals surface area contributed by atoms with E-state index >= 15 is 0 Å². The summed E-state index contributed by atoms with van der Waals surface area (Å²) in [6.07, 6.45) is 0.723. The van der Waals surface area contributed by atoms with Gasteiger partial charge in [0.15, 0.2) is 0 Å². The van der Waals surface area contributed by atoms with E-state index in [9.17, 15) is 0 Å². The number of thiophene rings is 1. The minimum atomic E-state index is 0.580. The minimum Gasteiger partial charge on any atom is -0.330 e. The third-order valence-corrected chi connectivity index (χ3v) is 3.74. The Morgan fingerprint density at radius 1 is 1.38 bits per heavy atom. The predicted octanol–water partition coefficient (Wildman–Crippen LogP) is 2.78. The Labute approximate surface area is 107 Å². The molecular weight excluding hydrogens is 286 g/mol. The summed E-state index contributed by atoms with van der Waals surface area (Å²) >= 11 is 5.12. The zero-order valence-corrected chi connectivity index (χ0v) is 11.3. The van der Waals surface area contributed by atoms with Gasteiger partial charge in [-0.05, 0) is 47.6 Å². The average molecular weight is 298 g/mol. The molecule has 0 amide bonds. The van der Waals surface area contributed by atoms with E-state index in [1.165, 1.54) is 0 Å². The van der Waals surface area contributed by atoms with E-state index in [-0.39, 0.29) is 0 Å². The number of aryl methyl sites for hydroxylation is 1. The topological polar surface area (TPSA) is 51.8 Å². The van der Waals surface area contributed by atoms with Crippen molar-refractivity contribution in [3.63, 3.8) is 0 Å². The Morgan fingerprint density at radius 2 is 2.19 bits per heavy atom.